The van der Waals surface area contributed by atoms with Gasteiger partial charge in [-0.15, -0.1) is 11.8 Å². The Hall–Kier alpha value is -3.49. The van der Waals surface area contributed by atoms with Gasteiger partial charge in [0, 0.05) is 21.2 Å². The number of nitrogens with zero attached hydrogens (tertiary/aromatic N) is 1. The molecule has 2 amide bonds. The number of benzene rings is 3. The first-order chi connectivity index (χ1) is 15.9. The summed E-state index contributed by atoms with van der Waals surface area (Å²) in [5.74, 6) is 0.670. The van der Waals surface area contributed by atoms with E-state index in [1.807, 2.05) is 36.4 Å². The van der Waals surface area contributed by atoms with Crippen molar-refractivity contribution in [1.82, 2.24) is 5.43 Å². The van der Waals surface area contributed by atoms with Crippen LogP contribution in [-0.2, 0) is 10.5 Å². The zero-order valence-corrected chi connectivity index (χ0v) is 19.4. The van der Waals surface area contributed by atoms with Crippen LogP contribution in [0.4, 0.5) is 0 Å². The smallest absolute Gasteiger partial charge is 0.271 e. The summed E-state index contributed by atoms with van der Waals surface area (Å²) in [6, 6.07) is 20.0. The quantitative estimate of drug-likeness (QED) is 0.254. The third-order valence-electron chi connectivity index (χ3n) is 4.37. The fraction of sp³-hybridized carbons (Fsp3) is 0.125. The van der Waals surface area contributed by atoms with Gasteiger partial charge in [-0.3, -0.25) is 9.59 Å². The highest BCUT2D eigenvalue weighted by molar-refractivity contribution is 7.98. The van der Waals surface area contributed by atoms with Crippen molar-refractivity contribution >= 4 is 41.4 Å². The van der Waals surface area contributed by atoms with Crippen molar-refractivity contribution < 1.29 is 19.1 Å². The number of nitrogens with two attached hydrogens (primary N) is 1. The average molecular weight is 484 g/mol. The summed E-state index contributed by atoms with van der Waals surface area (Å²) in [6.45, 7) is -0.252. The van der Waals surface area contributed by atoms with Crippen LogP contribution < -0.4 is 20.6 Å². The van der Waals surface area contributed by atoms with E-state index in [9.17, 15) is 9.59 Å². The molecule has 170 valence electrons. The largest absolute Gasteiger partial charge is 0.493 e. The van der Waals surface area contributed by atoms with Gasteiger partial charge in [0.1, 0.15) is 0 Å². The SMILES string of the molecule is COc1cc(/C=N/NC(=O)c2ccc(CSc3ccc(Cl)cc3)cc2)ccc1OCC(N)=O. The molecule has 3 N–H and O–H groups in total. The number of halogens is 1. The third-order valence-corrected chi connectivity index (χ3v) is 5.71. The van der Waals surface area contributed by atoms with Crippen molar-refractivity contribution in [3.05, 3.63) is 88.4 Å². The molecule has 9 heteroatoms. The van der Waals surface area contributed by atoms with E-state index >= 15 is 0 Å². The number of carbonyl (C=O) groups excluding carboxylic acids is 2. The standard InChI is InChI=1S/C24H22ClN3O4S/c1-31-22-12-17(4-11-21(22)32-14-23(26)29)13-27-28-24(30)18-5-2-16(3-6-18)15-33-20-9-7-19(25)8-10-20/h2-13H,14-15H2,1H3,(H2,26,29)(H,28,30)/b27-13+. The lowest BCUT2D eigenvalue weighted by Crippen LogP contribution is -2.20. The lowest BCUT2D eigenvalue weighted by molar-refractivity contribution is -0.119. The molecule has 3 aromatic rings. The van der Waals surface area contributed by atoms with Crippen LogP contribution in [0.2, 0.25) is 5.02 Å². The van der Waals surface area contributed by atoms with Gasteiger partial charge < -0.3 is 15.2 Å². The van der Waals surface area contributed by atoms with Crippen molar-refractivity contribution in [1.29, 1.82) is 0 Å². The summed E-state index contributed by atoms with van der Waals surface area (Å²) < 4.78 is 10.5. The van der Waals surface area contributed by atoms with Gasteiger partial charge in [-0.25, -0.2) is 5.43 Å². The Kier molecular flexibility index (Phi) is 8.74. The molecule has 0 aliphatic carbocycles. The van der Waals surface area contributed by atoms with E-state index in [1.54, 1.807) is 42.1 Å². The van der Waals surface area contributed by atoms with Gasteiger partial charge in [0.25, 0.3) is 11.8 Å². The molecular weight excluding hydrogens is 462 g/mol. The predicted octanol–water partition coefficient (Wildman–Crippen LogP) is 4.27. The summed E-state index contributed by atoms with van der Waals surface area (Å²) in [5.41, 5.74) is 9.86. The van der Waals surface area contributed by atoms with Crippen molar-refractivity contribution in [2.75, 3.05) is 13.7 Å². The summed E-state index contributed by atoms with van der Waals surface area (Å²) in [5, 5.41) is 4.70. The molecule has 0 unspecified atom stereocenters. The topological polar surface area (TPSA) is 103 Å². The molecule has 0 aromatic heterocycles. The van der Waals surface area contributed by atoms with Crippen LogP contribution in [0, 0.1) is 0 Å². The van der Waals surface area contributed by atoms with Gasteiger partial charge in [-0.05, 0) is 65.7 Å². The number of rotatable bonds is 10. The molecule has 0 spiro atoms. The lowest BCUT2D eigenvalue weighted by atomic mass is 10.1. The number of hydrazone groups is 1. The van der Waals surface area contributed by atoms with Crippen LogP contribution in [0.3, 0.4) is 0 Å². The molecule has 3 rings (SSSR count). The Morgan fingerprint density at radius 2 is 1.79 bits per heavy atom. The van der Waals surface area contributed by atoms with E-state index in [4.69, 9.17) is 26.8 Å². The zero-order valence-electron chi connectivity index (χ0n) is 17.8. The number of hydrogen-bond donors (Lipinski definition) is 2. The highest BCUT2D eigenvalue weighted by Gasteiger charge is 2.07. The van der Waals surface area contributed by atoms with E-state index in [2.05, 4.69) is 10.5 Å². The van der Waals surface area contributed by atoms with Gasteiger partial charge in [-0.2, -0.15) is 5.10 Å². The van der Waals surface area contributed by atoms with Gasteiger partial charge in [0.15, 0.2) is 18.1 Å². The summed E-state index contributed by atoms with van der Waals surface area (Å²) >= 11 is 7.60. The minimum Gasteiger partial charge on any atom is -0.493 e. The summed E-state index contributed by atoms with van der Waals surface area (Å²) in [4.78, 5) is 24.3. The van der Waals surface area contributed by atoms with E-state index in [1.165, 1.54) is 13.3 Å². The number of thioether (sulfide) groups is 1. The van der Waals surface area contributed by atoms with Crippen molar-refractivity contribution in [3.8, 4) is 11.5 Å². The number of nitrogens with one attached hydrogen (secondary N) is 1. The van der Waals surface area contributed by atoms with Crippen LogP contribution >= 0.6 is 23.4 Å². The maximum atomic E-state index is 12.4. The molecule has 0 bridgehead atoms. The highest BCUT2D eigenvalue weighted by Crippen LogP contribution is 2.27. The van der Waals surface area contributed by atoms with E-state index in [0.29, 0.717) is 27.6 Å². The fourth-order valence-electron chi connectivity index (χ4n) is 2.71. The number of hydrogen-bond acceptors (Lipinski definition) is 6. The second kappa shape index (κ2) is 11.9. The predicted molar refractivity (Wildman–Crippen MR) is 130 cm³/mol. The van der Waals surface area contributed by atoms with Crippen LogP contribution in [0.1, 0.15) is 21.5 Å². The maximum absolute atomic E-state index is 12.4. The normalized spacial score (nSPS) is 10.7. The molecule has 3 aromatic carbocycles. The Labute approximate surface area is 200 Å². The molecule has 33 heavy (non-hydrogen) atoms. The fourth-order valence-corrected chi connectivity index (χ4v) is 3.69. The van der Waals surface area contributed by atoms with Gasteiger partial charge in [0.2, 0.25) is 0 Å². The molecule has 0 radical (unpaired) electrons. The second-order valence-corrected chi connectivity index (χ2v) is 8.29. The minimum atomic E-state index is -0.584. The molecule has 0 saturated carbocycles. The summed E-state index contributed by atoms with van der Waals surface area (Å²) in [6.07, 6.45) is 1.48. The van der Waals surface area contributed by atoms with E-state index < -0.39 is 5.91 Å². The van der Waals surface area contributed by atoms with Crippen molar-refractivity contribution in [3.63, 3.8) is 0 Å². The number of carbonyl (C=O) groups is 2. The van der Waals surface area contributed by atoms with Crippen LogP contribution in [0.15, 0.2) is 76.7 Å². The Morgan fingerprint density at radius 1 is 1.06 bits per heavy atom. The third kappa shape index (κ3) is 7.55. The van der Waals surface area contributed by atoms with E-state index in [0.717, 1.165) is 16.2 Å². The zero-order chi connectivity index (χ0) is 23.6. The molecule has 0 saturated heterocycles. The van der Waals surface area contributed by atoms with Gasteiger partial charge in [0.05, 0.1) is 13.3 Å². The number of amides is 2. The first-order valence-electron chi connectivity index (χ1n) is 9.84. The number of ether oxygens (including phenoxy) is 2. The monoisotopic (exact) mass is 483 g/mol. The first kappa shape index (κ1) is 24.2. The number of primary amides is 1. The van der Waals surface area contributed by atoms with Crippen molar-refractivity contribution in [2.45, 2.75) is 10.6 Å². The maximum Gasteiger partial charge on any atom is 0.271 e. The van der Waals surface area contributed by atoms with Crippen LogP contribution in [0.25, 0.3) is 0 Å². The molecular formula is C24H22ClN3O4S. The average Bonchev–Trinajstić information content (AvgIpc) is 2.83. The molecule has 0 heterocycles. The first-order valence-corrected chi connectivity index (χ1v) is 11.2. The van der Waals surface area contributed by atoms with Crippen molar-refractivity contribution in [2.24, 2.45) is 10.8 Å². The lowest BCUT2D eigenvalue weighted by Gasteiger charge is -2.09. The Morgan fingerprint density at radius 3 is 2.45 bits per heavy atom. The summed E-state index contributed by atoms with van der Waals surface area (Å²) in [7, 11) is 1.48. The van der Waals surface area contributed by atoms with E-state index in [-0.39, 0.29) is 12.5 Å². The molecule has 0 fully saturated rings. The van der Waals surface area contributed by atoms with Crippen LogP contribution in [0.5, 0.6) is 11.5 Å². The molecule has 0 atom stereocenters. The number of methoxy groups -OCH3 is 1. The minimum absolute atomic E-state index is 0.252. The van der Waals surface area contributed by atoms with Crippen LogP contribution in [-0.4, -0.2) is 31.7 Å². The molecule has 0 aliphatic rings. The second-order valence-electron chi connectivity index (χ2n) is 6.80. The molecule has 0 aliphatic heterocycles. The van der Waals surface area contributed by atoms with Gasteiger partial charge in [-0.1, -0.05) is 23.7 Å². The van der Waals surface area contributed by atoms with Gasteiger partial charge >= 0.3 is 0 Å². The Balaban J connectivity index is 1.53. The highest BCUT2D eigenvalue weighted by atomic mass is 35.5. The molecule has 7 nitrogen and oxygen atoms in total. The Bertz CT molecular complexity index is 1140.